The summed E-state index contributed by atoms with van der Waals surface area (Å²) in [5.74, 6) is -2.07. The molecule has 4 fully saturated rings. The summed E-state index contributed by atoms with van der Waals surface area (Å²) in [6.07, 6.45) is 5.41. The van der Waals surface area contributed by atoms with E-state index < -0.39 is 68.0 Å². The van der Waals surface area contributed by atoms with Gasteiger partial charge in [-0.2, -0.15) is 0 Å². The second kappa shape index (κ2) is 14.4. The molecule has 0 bridgehead atoms. The molecule has 1 unspecified atom stereocenters. The Hall–Kier alpha value is -3.98. The maximum atomic E-state index is 14.6. The predicted molar refractivity (Wildman–Crippen MR) is 196 cm³/mol. The number of sulfonamides is 1. The van der Waals surface area contributed by atoms with Crippen molar-refractivity contribution in [2.45, 2.75) is 114 Å². The van der Waals surface area contributed by atoms with Crippen molar-refractivity contribution < 1.29 is 37.1 Å². The first-order valence-corrected chi connectivity index (χ1v) is 20.4. The van der Waals surface area contributed by atoms with Crippen molar-refractivity contribution in [3.8, 4) is 16.3 Å². The highest BCUT2D eigenvalue weighted by Gasteiger charge is 2.62. The molecule has 15 heteroatoms. The van der Waals surface area contributed by atoms with Crippen molar-refractivity contribution in [3.05, 3.63) is 47.5 Å². The summed E-state index contributed by atoms with van der Waals surface area (Å²) >= 11 is 1.43. The third-order valence-corrected chi connectivity index (χ3v) is 13.3. The van der Waals surface area contributed by atoms with Crippen LogP contribution in [-0.4, -0.2) is 84.7 Å². The van der Waals surface area contributed by atoms with Gasteiger partial charge in [0.1, 0.15) is 34.5 Å². The Morgan fingerprint density at radius 1 is 1.13 bits per heavy atom. The summed E-state index contributed by atoms with van der Waals surface area (Å²) < 4.78 is 38.8. The summed E-state index contributed by atoms with van der Waals surface area (Å²) in [4.78, 5) is 61.9. The smallest absolute Gasteiger partial charge is 0.408 e. The van der Waals surface area contributed by atoms with Crippen molar-refractivity contribution in [1.29, 1.82) is 0 Å². The van der Waals surface area contributed by atoms with Crippen molar-refractivity contribution in [2.75, 3.05) is 13.7 Å². The fourth-order valence-electron chi connectivity index (χ4n) is 7.27. The number of thiazole rings is 1. The summed E-state index contributed by atoms with van der Waals surface area (Å²) in [6.45, 7) is 11.4. The largest absolute Gasteiger partial charge is 0.496 e. The van der Waals surface area contributed by atoms with Crippen molar-refractivity contribution in [2.24, 2.45) is 11.3 Å². The molecule has 1 aliphatic heterocycles. The predicted octanol–water partition coefficient (Wildman–Crippen LogP) is 4.56. The van der Waals surface area contributed by atoms with Gasteiger partial charge < -0.3 is 25.0 Å². The molecule has 4 amide bonds. The summed E-state index contributed by atoms with van der Waals surface area (Å²) in [7, 11) is -2.28. The molecule has 3 saturated carbocycles. The van der Waals surface area contributed by atoms with Gasteiger partial charge in [-0.1, -0.05) is 38.5 Å². The molecule has 2 heterocycles. The molecule has 0 radical (unpaired) electrons. The number of ether oxygens (including phenoxy) is 2. The first-order valence-electron chi connectivity index (χ1n) is 17.9. The molecule has 282 valence electrons. The molecule has 13 nitrogen and oxygen atoms in total. The lowest BCUT2D eigenvalue weighted by molar-refractivity contribution is -0.142. The van der Waals surface area contributed by atoms with Crippen molar-refractivity contribution >= 4 is 45.2 Å². The number of nitrogens with zero attached hydrogens (tertiary/aromatic N) is 2. The SMILES string of the molecule is C=C[C@@H]1C[C@]1(NC(=O)[C@@H]1C[C@@H](c2csc(-c3cc(C)ccc3OC)n2)CN1C(=O)C(NC(=O)OC1CCCC1)C(C)(C)C)C(=O)NS(=O)(=O)C1CC1. The Bertz CT molecular complexity index is 1850. The number of alkyl carbamates (subject to hydrolysis) is 1. The number of aryl methyl sites for hydroxylation is 1. The number of amides is 4. The van der Waals surface area contributed by atoms with Crippen LogP contribution in [0, 0.1) is 18.3 Å². The molecule has 2 aromatic rings. The molecular formula is C37H49N5O8S2. The maximum Gasteiger partial charge on any atom is 0.408 e. The minimum Gasteiger partial charge on any atom is -0.496 e. The Balaban J connectivity index is 1.28. The van der Waals surface area contributed by atoms with Crippen LogP contribution in [0.4, 0.5) is 4.79 Å². The average molecular weight is 756 g/mol. The highest BCUT2D eigenvalue weighted by Crippen LogP contribution is 2.46. The number of nitrogens with one attached hydrogen (secondary N) is 3. The van der Waals surface area contributed by atoms with Gasteiger partial charge in [0.25, 0.3) is 5.91 Å². The zero-order valence-corrected chi connectivity index (χ0v) is 32.0. The van der Waals surface area contributed by atoms with Crippen molar-refractivity contribution in [3.63, 3.8) is 0 Å². The molecule has 1 aromatic carbocycles. The van der Waals surface area contributed by atoms with E-state index in [1.54, 1.807) is 7.11 Å². The van der Waals surface area contributed by atoms with Gasteiger partial charge in [-0.15, -0.1) is 17.9 Å². The van der Waals surface area contributed by atoms with Crippen LogP contribution in [0.25, 0.3) is 10.6 Å². The van der Waals surface area contributed by atoms with Crippen LogP contribution in [0.15, 0.2) is 36.2 Å². The van der Waals surface area contributed by atoms with Gasteiger partial charge in [0, 0.05) is 23.8 Å². The molecular weight excluding hydrogens is 707 g/mol. The second-order valence-corrected chi connectivity index (χ2v) is 18.5. The molecule has 3 N–H and O–H groups in total. The fraction of sp³-hybridized carbons (Fsp3) is 0.595. The van der Waals surface area contributed by atoms with E-state index in [2.05, 4.69) is 21.9 Å². The third kappa shape index (κ3) is 7.85. The average Bonchev–Trinajstić information content (AvgIpc) is 3.85. The normalized spacial score (nSPS) is 25.2. The number of methoxy groups -OCH3 is 1. The highest BCUT2D eigenvalue weighted by atomic mass is 32.2. The number of benzene rings is 1. The van der Waals surface area contributed by atoms with Crippen LogP contribution in [-0.2, 0) is 29.1 Å². The molecule has 52 heavy (non-hydrogen) atoms. The zero-order chi connectivity index (χ0) is 37.6. The van der Waals surface area contributed by atoms with Gasteiger partial charge in [-0.05, 0) is 75.8 Å². The zero-order valence-electron chi connectivity index (χ0n) is 30.4. The Morgan fingerprint density at radius 2 is 1.85 bits per heavy atom. The lowest BCUT2D eigenvalue weighted by Gasteiger charge is -2.35. The van der Waals surface area contributed by atoms with Gasteiger partial charge >= 0.3 is 6.09 Å². The Kier molecular flexibility index (Phi) is 10.5. The molecule has 3 aliphatic carbocycles. The molecule has 4 aliphatic rings. The Labute approximate surface area is 309 Å². The molecule has 5 atom stereocenters. The lowest BCUT2D eigenvalue weighted by atomic mass is 9.85. The topological polar surface area (TPSA) is 173 Å². The monoisotopic (exact) mass is 755 g/mol. The lowest BCUT2D eigenvalue weighted by Crippen LogP contribution is -2.60. The van der Waals surface area contributed by atoms with Gasteiger partial charge in [-0.3, -0.25) is 19.1 Å². The number of hydrogen-bond donors (Lipinski definition) is 3. The van der Waals surface area contributed by atoms with Crippen LogP contribution in [0.2, 0.25) is 0 Å². The number of carbonyl (C=O) groups is 4. The summed E-state index contributed by atoms with van der Waals surface area (Å²) in [5, 5.41) is 7.65. The standard InChI is InChI=1S/C37H49N5O8S2/c1-7-23-18-37(23,34(45)41-52(47,48)25-13-14-25)40-31(43)28-17-22(27-20-51-32(38-27)26-16-21(2)12-15-29(26)49-6)19-42(28)33(44)30(36(3,4)5)39-35(46)50-24-10-8-9-11-24/h7,12,15-16,20,22-25,28,30H,1,8-11,13-14,17-19H2,2-6H3,(H,39,46)(H,40,43)(H,41,45)/t22-,23-,28+,30?,37-/m1/s1. The van der Waals surface area contributed by atoms with E-state index in [0.717, 1.165) is 41.8 Å². The van der Waals surface area contributed by atoms with Crippen LogP contribution in [0.5, 0.6) is 5.75 Å². The van der Waals surface area contributed by atoms with E-state index in [1.165, 1.54) is 22.3 Å². The van der Waals surface area contributed by atoms with Gasteiger partial charge in [0.15, 0.2) is 0 Å². The summed E-state index contributed by atoms with van der Waals surface area (Å²) in [6, 6.07) is 3.74. The first kappa shape index (κ1) is 37.8. The van der Waals surface area contributed by atoms with E-state index in [9.17, 15) is 27.6 Å². The minimum absolute atomic E-state index is 0.122. The van der Waals surface area contributed by atoms with Gasteiger partial charge in [0.2, 0.25) is 21.8 Å². The highest BCUT2D eigenvalue weighted by molar-refractivity contribution is 7.91. The van der Waals surface area contributed by atoms with Gasteiger partial charge in [0.05, 0.1) is 23.6 Å². The third-order valence-electron chi connectivity index (χ3n) is 10.6. The number of rotatable bonds is 12. The van der Waals surface area contributed by atoms with Crippen molar-refractivity contribution in [1.82, 2.24) is 25.2 Å². The van der Waals surface area contributed by atoms with E-state index in [-0.39, 0.29) is 31.4 Å². The number of aromatic nitrogens is 1. The van der Waals surface area contributed by atoms with Gasteiger partial charge in [-0.25, -0.2) is 18.2 Å². The van der Waals surface area contributed by atoms with E-state index in [4.69, 9.17) is 14.5 Å². The fourth-order valence-corrected chi connectivity index (χ4v) is 9.56. The molecule has 0 spiro atoms. The van der Waals surface area contributed by atoms with Crippen LogP contribution >= 0.6 is 11.3 Å². The number of hydrogen-bond acceptors (Lipinski definition) is 10. The number of carbonyl (C=O) groups excluding carboxylic acids is 4. The van der Waals surface area contributed by atoms with E-state index in [0.29, 0.717) is 24.3 Å². The minimum atomic E-state index is -3.88. The van der Waals surface area contributed by atoms with Crippen LogP contribution < -0.4 is 20.1 Å². The first-order chi connectivity index (χ1) is 24.6. The molecule has 6 rings (SSSR count). The Morgan fingerprint density at radius 3 is 2.46 bits per heavy atom. The van der Waals surface area contributed by atoms with E-state index >= 15 is 0 Å². The molecule has 1 aromatic heterocycles. The number of likely N-dealkylation sites (tertiary alicyclic amines) is 1. The van der Waals surface area contributed by atoms with Crippen LogP contribution in [0.1, 0.15) is 89.3 Å². The van der Waals surface area contributed by atoms with Crippen LogP contribution in [0.3, 0.4) is 0 Å². The molecule has 1 saturated heterocycles. The summed E-state index contributed by atoms with van der Waals surface area (Å²) in [5.41, 5.74) is 0.278. The maximum absolute atomic E-state index is 14.6. The second-order valence-electron chi connectivity index (χ2n) is 15.7. The van der Waals surface area contributed by atoms with E-state index in [1.807, 2.05) is 51.3 Å². The quantitative estimate of drug-likeness (QED) is 0.263.